The van der Waals surface area contributed by atoms with Crippen LogP contribution in [0.15, 0.2) is 0 Å². The van der Waals surface area contributed by atoms with Crippen LogP contribution in [-0.2, 0) is 9.53 Å². The SMILES string of the molecule is CC(C)N(C)[CH]OC=O. The Bertz CT molecular complexity index is 83.1. The molecular formula is C6H12NO2. The molecular weight excluding hydrogens is 118 g/mol. The molecule has 0 aromatic rings. The number of nitrogens with zero attached hydrogens (tertiary/aromatic N) is 1. The monoisotopic (exact) mass is 130 g/mol. The van der Waals surface area contributed by atoms with E-state index in [-0.39, 0.29) is 0 Å². The van der Waals surface area contributed by atoms with Crippen molar-refractivity contribution in [1.82, 2.24) is 4.90 Å². The van der Waals surface area contributed by atoms with Gasteiger partial charge in [0.2, 0.25) is 6.73 Å². The summed E-state index contributed by atoms with van der Waals surface area (Å²) in [7, 11) is 1.84. The van der Waals surface area contributed by atoms with E-state index in [1.54, 1.807) is 4.90 Å². The third-order valence-corrected chi connectivity index (χ3v) is 1.10. The number of carbonyl (C=O) groups excluding carboxylic acids is 1. The molecule has 1 radical (unpaired) electrons. The van der Waals surface area contributed by atoms with Gasteiger partial charge in [-0.3, -0.25) is 9.69 Å². The van der Waals surface area contributed by atoms with Crippen molar-refractivity contribution in [2.24, 2.45) is 0 Å². The molecule has 0 bridgehead atoms. The van der Waals surface area contributed by atoms with Crippen LogP contribution in [0, 0.1) is 6.73 Å². The zero-order chi connectivity index (χ0) is 7.28. The highest BCUT2D eigenvalue weighted by Crippen LogP contribution is 1.95. The zero-order valence-electron chi connectivity index (χ0n) is 6.00. The molecule has 0 aromatic heterocycles. The van der Waals surface area contributed by atoms with Gasteiger partial charge in [-0.15, -0.1) is 0 Å². The molecule has 0 heterocycles. The zero-order valence-corrected chi connectivity index (χ0v) is 6.00. The summed E-state index contributed by atoms with van der Waals surface area (Å²) < 4.78 is 4.38. The Labute approximate surface area is 55.6 Å². The molecule has 0 saturated heterocycles. The molecule has 0 atom stereocenters. The first-order valence-electron chi connectivity index (χ1n) is 2.83. The van der Waals surface area contributed by atoms with Gasteiger partial charge in [-0.05, 0) is 20.9 Å². The third kappa shape index (κ3) is 3.97. The van der Waals surface area contributed by atoms with Crippen LogP contribution >= 0.6 is 0 Å². The lowest BCUT2D eigenvalue weighted by Crippen LogP contribution is -2.24. The first-order valence-corrected chi connectivity index (χ1v) is 2.83. The van der Waals surface area contributed by atoms with Crippen molar-refractivity contribution >= 4 is 6.47 Å². The van der Waals surface area contributed by atoms with Gasteiger partial charge in [0.25, 0.3) is 6.47 Å². The highest BCUT2D eigenvalue weighted by Gasteiger charge is 2.01. The van der Waals surface area contributed by atoms with Crippen molar-refractivity contribution < 1.29 is 9.53 Å². The van der Waals surface area contributed by atoms with Crippen molar-refractivity contribution in [1.29, 1.82) is 0 Å². The van der Waals surface area contributed by atoms with E-state index in [1.165, 1.54) is 6.73 Å². The van der Waals surface area contributed by atoms with E-state index in [0.717, 1.165) is 0 Å². The summed E-state index contributed by atoms with van der Waals surface area (Å²) in [5.41, 5.74) is 0. The summed E-state index contributed by atoms with van der Waals surface area (Å²) in [5, 5.41) is 0. The fraction of sp³-hybridized carbons (Fsp3) is 0.667. The topological polar surface area (TPSA) is 29.5 Å². The molecule has 0 amide bonds. The second-order valence-corrected chi connectivity index (χ2v) is 2.10. The van der Waals surface area contributed by atoms with E-state index < -0.39 is 0 Å². The normalized spacial score (nSPS) is 10.3. The Morgan fingerprint density at radius 2 is 2.11 bits per heavy atom. The summed E-state index contributed by atoms with van der Waals surface area (Å²) in [6, 6.07) is 0.366. The molecule has 0 spiro atoms. The maximum Gasteiger partial charge on any atom is 0.294 e. The maximum atomic E-state index is 9.65. The van der Waals surface area contributed by atoms with E-state index in [0.29, 0.717) is 12.5 Å². The Kier molecular flexibility index (Phi) is 4.05. The van der Waals surface area contributed by atoms with Gasteiger partial charge >= 0.3 is 0 Å². The van der Waals surface area contributed by atoms with E-state index in [1.807, 2.05) is 20.9 Å². The van der Waals surface area contributed by atoms with Gasteiger partial charge in [0, 0.05) is 6.04 Å². The molecule has 0 fully saturated rings. The summed E-state index contributed by atoms with van der Waals surface area (Å²) in [5.74, 6) is 0. The molecule has 0 N–H and O–H groups in total. The number of ether oxygens (including phenoxy) is 1. The molecule has 0 rings (SSSR count). The standard InChI is InChI=1S/C6H12NO2/c1-6(2)7(3)4-9-5-8/h4-6H,1-3H3. The molecule has 0 unspecified atom stereocenters. The molecule has 0 aliphatic rings. The molecule has 0 saturated carbocycles. The second-order valence-electron chi connectivity index (χ2n) is 2.10. The van der Waals surface area contributed by atoms with Crippen LogP contribution < -0.4 is 0 Å². The van der Waals surface area contributed by atoms with Crippen molar-refractivity contribution in [2.75, 3.05) is 7.05 Å². The van der Waals surface area contributed by atoms with Crippen LogP contribution in [0.1, 0.15) is 13.8 Å². The Balaban J connectivity index is 3.26. The van der Waals surface area contributed by atoms with Crippen LogP contribution in [0.2, 0.25) is 0 Å². The summed E-state index contributed by atoms with van der Waals surface area (Å²) >= 11 is 0. The third-order valence-electron chi connectivity index (χ3n) is 1.10. The molecule has 3 heteroatoms. The Morgan fingerprint density at radius 3 is 2.44 bits per heavy atom. The van der Waals surface area contributed by atoms with Crippen LogP contribution in [0.4, 0.5) is 0 Å². The van der Waals surface area contributed by atoms with Crippen LogP contribution in [0.3, 0.4) is 0 Å². The minimum absolute atomic E-state index is 0.366. The molecule has 0 aliphatic carbocycles. The van der Waals surface area contributed by atoms with Crippen LogP contribution in [0.25, 0.3) is 0 Å². The maximum absolute atomic E-state index is 9.65. The predicted molar refractivity (Wildman–Crippen MR) is 34.3 cm³/mol. The van der Waals surface area contributed by atoms with Crippen LogP contribution in [-0.4, -0.2) is 24.5 Å². The molecule has 3 nitrogen and oxygen atoms in total. The highest BCUT2D eigenvalue weighted by atomic mass is 16.5. The largest absolute Gasteiger partial charge is 0.443 e. The van der Waals surface area contributed by atoms with E-state index in [2.05, 4.69) is 4.74 Å². The van der Waals surface area contributed by atoms with Crippen molar-refractivity contribution in [3.05, 3.63) is 6.73 Å². The van der Waals surface area contributed by atoms with E-state index in [9.17, 15) is 4.79 Å². The summed E-state index contributed by atoms with van der Waals surface area (Å²) in [6.45, 7) is 5.80. The average Bonchev–Trinajstić information content (AvgIpc) is 1.82. The minimum Gasteiger partial charge on any atom is -0.443 e. The smallest absolute Gasteiger partial charge is 0.294 e. The van der Waals surface area contributed by atoms with Gasteiger partial charge in [-0.25, -0.2) is 0 Å². The first kappa shape index (κ1) is 8.43. The molecule has 9 heavy (non-hydrogen) atoms. The number of carbonyl (C=O) groups is 1. The second kappa shape index (κ2) is 4.32. The van der Waals surface area contributed by atoms with Crippen molar-refractivity contribution in [2.45, 2.75) is 19.9 Å². The quantitative estimate of drug-likeness (QED) is 0.522. The molecule has 0 aliphatic heterocycles. The summed E-state index contributed by atoms with van der Waals surface area (Å²) in [4.78, 5) is 11.5. The fourth-order valence-corrected chi connectivity index (χ4v) is 0.243. The Morgan fingerprint density at radius 1 is 1.56 bits per heavy atom. The van der Waals surface area contributed by atoms with E-state index in [4.69, 9.17) is 0 Å². The summed E-state index contributed by atoms with van der Waals surface area (Å²) in [6.07, 6.45) is 0. The van der Waals surface area contributed by atoms with Gasteiger partial charge < -0.3 is 4.74 Å². The minimum atomic E-state index is 0.366. The lowest BCUT2D eigenvalue weighted by atomic mass is 10.4. The van der Waals surface area contributed by atoms with Crippen molar-refractivity contribution in [3.63, 3.8) is 0 Å². The van der Waals surface area contributed by atoms with Gasteiger partial charge in [-0.2, -0.15) is 0 Å². The number of hydrogen-bond donors (Lipinski definition) is 0. The van der Waals surface area contributed by atoms with Crippen LogP contribution in [0.5, 0.6) is 0 Å². The predicted octanol–water partition coefficient (Wildman–Crippen LogP) is 0.619. The van der Waals surface area contributed by atoms with Gasteiger partial charge in [0.15, 0.2) is 0 Å². The Hall–Kier alpha value is -0.570. The average molecular weight is 130 g/mol. The number of rotatable bonds is 4. The molecule has 53 valence electrons. The first-order chi connectivity index (χ1) is 4.18. The van der Waals surface area contributed by atoms with E-state index >= 15 is 0 Å². The highest BCUT2D eigenvalue weighted by molar-refractivity contribution is 5.37. The van der Waals surface area contributed by atoms with Gasteiger partial charge in [0.1, 0.15) is 0 Å². The van der Waals surface area contributed by atoms with Gasteiger partial charge in [-0.1, -0.05) is 0 Å². The fourth-order valence-electron chi connectivity index (χ4n) is 0.243. The lowest BCUT2D eigenvalue weighted by Gasteiger charge is -2.17. The van der Waals surface area contributed by atoms with Gasteiger partial charge in [0.05, 0.1) is 0 Å². The lowest BCUT2D eigenvalue weighted by molar-refractivity contribution is -0.128. The van der Waals surface area contributed by atoms with Crippen molar-refractivity contribution in [3.8, 4) is 0 Å². The molecule has 0 aromatic carbocycles. The number of hydrogen-bond acceptors (Lipinski definition) is 3.